The van der Waals surface area contributed by atoms with Gasteiger partial charge in [0, 0.05) is 12.6 Å². The summed E-state index contributed by atoms with van der Waals surface area (Å²) in [6, 6.07) is 22.9. The van der Waals surface area contributed by atoms with Gasteiger partial charge in [0.05, 0.1) is 0 Å². The molecule has 1 aliphatic heterocycles. The maximum Gasteiger partial charge on any atom is 0.0141 e. The van der Waals surface area contributed by atoms with Gasteiger partial charge in [-0.15, -0.1) is 0 Å². The molecule has 1 fully saturated rings. The second-order valence-corrected chi connectivity index (χ2v) is 8.47. The zero-order valence-corrected chi connectivity index (χ0v) is 13.8. The standard InChI is InChI=1S/C19H24NP/c1-16-13-17(20(2)14-16)15-21(18-9-5-3-6-10-18)19-11-7-4-8-12-19/h3-12,16-17H,13-15H2,1-2H3/t16-,17-/m0/s1. The summed E-state index contributed by atoms with van der Waals surface area (Å²) in [4.78, 5) is 2.56. The minimum atomic E-state index is -0.249. The third-order valence-corrected chi connectivity index (χ3v) is 7.06. The molecule has 0 bridgehead atoms. The first-order valence-corrected chi connectivity index (χ1v) is 9.34. The SMILES string of the molecule is C[C@H]1C[C@@H](CP(c2ccccc2)c2ccccc2)N(C)C1. The molecule has 2 aromatic carbocycles. The van der Waals surface area contributed by atoms with Gasteiger partial charge in [0.1, 0.15) is 0 Å². The van der Waals surface area contributed by atoms with Crippen LogP contribution in [0.25, 0.3) is 0 Å². The van der Waals surface area contributed by atoms with Crippen molar-refractivity contribution in [2.45, 2.75) is 19.4 Å². The Balaban J connectivity index is 1.87. The Morgan fingerprint density at radius 2 is 1.48 bits per heavy atom. The van der Waals surface area contributed by atoms with Gasteiger partial charge in [0.25, 0.3) is 0 Å². The number of likely N-dealkylation sites (tertiary alicyclic amines) is 1. The highest BCUT2D eigenvalue weighted by atomic mass is 31.1. The van der Waals surface area contributed by atoms with E-state index in [1.54, 1.807) is 0 Å². The number of benzene rings is 2. The molecule has 0 aromatic heterocycles. The van der Waals surface area contributed by atoms with E-state index in [1.165, 1.54) is 29.7 Å². The summed E-state index contributed by atoms with van der Waals surface area (Å²) < 4.78 is 0. The molecule has 0 unspecified atom stereocenters. The molecule has 3 rings (SSSR count). The Morgan fingerprint density at radius 1 is 0.952 bits per heavy atom. The van der Waals surface area contributed by atoms with E-state index in [9.17, 15) is 0 Å². The van der Waals surface area contributed by atoms with Crippen LogP contribution in [0.2, 0.25) is 0 Å². The lowest BCUT2D eigenvalue weighted by Gasteiger charge is -2.26. The lowest BCUT2D eigenvalue weighted by atomic mass is 10.1. The maximum atomic E-state index is 2.56. The van der Waals surface area contributed by atoms with Gasteiger partial charge in [0.2, 0.25) is 0 Å². The molecule has 0 spiro atoms. The molecule has 1 heterocycles. The van der Waals surface area contributed by atoms with E-state index in [2.05, 4.69) is 79.5 Å². The van der Waals surface area contributed by atoms with Gasteiger partial charge in [-0.1, -0.05) is 67.6 Å². The normalized spacial score (nSPS) is 22.8. The minimum Gasteiger partial charge on any atom is -0.303 e. The fourth-order valence-electron chi connectivity index (χ4n) is 3.36. The summed E-state index contributed by atoms with van der Waals surface area (Å²) in [6.07, 6.45) is 2.62. The molecular formula is C19H24NP. The van der Waals surface area contributed by atoms with Crippen LogP contribution in [0, 0.1) is 5.92 Å². The Bertz CT molecular complexity index is 515. The van der Waals surface area contributed by atoms with E-state index in [-0.39, 0.29) is 7.92 Å². The van der Waals surface area contributed by atoms with Crippen molar-refractivity contribution < 1.29 is 0 Å². The Kier molecular flexibility index (Phi) is 4.73. The fraction of sp³-hybridized carbons (Fsp3) is 0.368. The second-order valence-electron chi connectivity index (χ2n) is 6.22. The lowest BCUT2D eigenvalue weighted by molar-refractivity contribution is 0.330. The first kappa shape index (κ1) is 14.8. The predicted octanol–water partition coefficient (Wildman–Crippen LogP) is 3.46. The summed E-state index contributed by atoms with van der Waals surface area (Å²) in [5.74, 6) is 0.836. The summed E-state index contributed by atoms with van der Waals surface area (Å²) in [6.45, 7) is 3.63. The molecule has 2 atom stereocenters. The second kappa shape index (κ2) is 6.73. The fourth-order valence-corrected chi connectivity index (χ4v) is 5.99. The smallest absolute Gasteiger partial charge is 0.0141 e. The van der Waals surface area contributed by atoms with Gasteiger partial charge in [-0.3, -0.25) is 0 Å². The monoisotopic (exact) mass is 297 g/mol. The van der Waals surface area contributed by atoms with Gasteiger partial charge in [-0.25, -0.2) is 0 Å². The van der Waals surface area contributed by atoms with Crippen molar-refractivity contribution in [3.8, 4) is 0 Å². The number of hydrogen-bond acceptors (Lipinski definition) is 1. The van der Waals surface area contributed by atoms with E-state index in [1.807, 2.05) is 0 Å². The van der Waals surface area contributed by atoms with Gasteiger partial charge in [-0.05, 0) is 44.1 Å². The molecule has 0 saturated carbocycles. The van der Waals surface area contributed by atoms with Crippen LogP contribution in [-0.4, -0.2) is 30.7 Å². The van der Waals surface area contributed by atoms with Gasteiger partial charge in [0.15, 0.2) is 0 Å². The zero-order valence-electron chi connectivity index (χ0n) is 12.9. The first-order chi connectivity index (χ1) is 10.2. The highest BCUT2D eigenvalue weighted by molar-refractivity contribution is 7.73. The Labute approximate surface area is 129 Å². The molecule has 1 aliphatic rings. The van der Waals surface area contributed by atoms with Crippen molar-refractivity contribution in [1.82, 2.24) is 4.90 Å². The van der Waals surface area contributed by atoms with E-state index < -0.39 is 0 Å². The predicted molar refractivity (Wildman–Crippen MR) is 94.1 cm³/mol. The van der Waals surface area contributed by atoms with Crippen LogP contribution in [0.4, 0.5) is 0 Å². The minimum absolute atomic E-state index is 0.249. The zero-order chi connectivity index (χ0) is 14.7. The van der Waals surface area contributed by atoms with Crippen LogP contribution in [0.15, 0.2) is 60.7 Å². The van der Waals surface area contributed by atoms with Crippen molar-refractivity contribution in [3.63, 3.8) is 0 Å². The van der Waals surface area contributed by atoms with E-state index in [4.69, 9.17) is 0 Å². The molecule has 110 valence electrons. The average Bonchev–Trinajstić information content (AvgIpc) is 2.84. The Morgan fingerprint density at radius 3 is 1.90 bits per heavy atom. The van der Waals surface area contributed by atoms with E-state index in [0.717, 1.165) is 12.0 Å². The maximum absolute atomic E-state index is 2.56. The van der Waals surface area contributed by atoms with Crippen LogP contribution in [0.1, 0.15) is 13.3 Å². The van der Waals surface area contributed by atoms with Gasteiger partial charge < -0.3 is 4.90 Å². The summed E-state index contributed by atoms with van der Waals surface area (Å²) >= 11 is 0. The summed E-state index contributed by atoms with van der Waals surface area (Å²) in [7, 11) is 2.04. The number of nitrogens with zero attached hydrogens (tertiary/aromatic N) is 1. The van der Waals surface area contributed by atoms with Crippen molar-refractivity contribution in [2.24, 2.45) is 5.92 Å². The summed E-state index contributed by atoms with van der Waals surface area (Å²) in [5, 5.41) is 3.01. The summed E-state index contributed by atoms with van der Waals surface area (Å²) in [5.41, 5.74) is 0. The molecule has 2 heteroatoms. The van der Waals surface area contributed by atoms with Crippen LogP contribution in [0.3, 0.4) is 0 Å². The topological polar surface area (TPSA) is 3.24 Å². The molecule has 21 heavy (non-hydrogen) atoms. The highest BCUT2D eigenvalue weighted by Gasteiger charge is 2.29. The van der Waals surface area contributed by atoms with Gasteiger partial charge >= 0.3 is 0 Å². The molecule has 0 radical (unpaired) electrons. The Hall–Kier alpha value is -1.17. The lowest BCUT2D eigenvalue weighted by Crippen LogP contribution is -2.30. The van der Waals surface area contributed by atoms with Crippen molar-refractivity contribution in [3.05, 3.63) is 60.7 Å². The molecular weight excluding hydrogens is 273 g/mol. The van der Waals surface area contributed by atoms with Crippen LogP contribution >= 0.6 is 7.92 Å². The average molecular weight is 297 g/mol. The van der Waals surface area contributed by atoms with Crippen LogP contribution < -0.4 is 10.6 Å². The number of hydrogen-bond donors (Lipinski definition) is 0. The third kappa shape index (κ3) is 3.54. The quantitative estimate of drug-likeness (QED) is 0.781. The highest BCUT2D eigenvalue weighted by Crippen LogP contribution is 2.38. The molecule has 0 N–H and O–H groups in total. The molecule has 0 amide bonds. The first-order valence-electron chi connectivity index (χ1n) is 7.82. The number of rotatable bonds is 4. The van der Waals surface area contributed by atoms with Gasteiger partial charge in [-0.2, -0.15) is 0 Å². The van der Waals surface area contributed by atoms with Crippen molar-refractivity contribution in [2.75, 3.05) is 19.8 Å². The molecule has 2 aromatic rings. The molecule has 1 nitrogen and oxygen atoms in total. The van der Waals surface area contributed by atoms with Crippen molar-refractivity contribution >= 4 is 18.5 Å². The van der Waals surface area contributed by atoms with E-state index >= 15 is 0 Å². The third-order valence-electron chi connectivity index (χ3n) is 4.43. The largest absolute Gasteiger partial charge is 0.303 e. The van der Waals surface area contributed by atoms with Crippen LogP contribution in [0.5, 0.6) is 0 Å². The molecule has 1 saturated heterocycles. The van der Waals surface area contributed by atoms with Crippen molar-refractivity contribution in [1.29, 1.82) is 0 Å². The molecule has 0 aliphatic carbocycles. The van der Waals surface area contributed by atoms with Crippen LogP contribution in [-0.2, 0) is 0 Å². The van der Waals surface area contributed by atoms with E-state index in [0.29, 0.717) is 0 Å².